The van der Waals surface area contributed by atoms with E-state index in [1.54, 1.807) is 7.11 Å². The predicted octanol–water partition coefficient (Wildman–Crippen LogP) is 7.72. The lowest BCUT2D eigenvalue weighted by molar-refractivity contribution is -0.121. The van der Waals surface area contributed by atoms with Crippen molar-refractivity contribution in [2.45, 2.75) is 117 Å². The highest BCUT2D eigenvalue weighted by Gasteiger charge is 2.61. The van der Waals surface area contributed by atoms with Crippen LogP contribution in [0.1, 0.15) is 71.6 Å². The molecule has 4 rings (SSSR count). The van der Waals surface area contributed by atoms with Crippen LogP contribution in [-0.2, 0) is 13.7 Å². The molecule has 0 aliphatic heterocycles. The van der Waals surface area contributed by atoms with E-state index in [4.69, 9.17) is 13.7 Å². The normalized spacial score (nSPS) is 43.1. The second kappa shape index (κ2) is 9.61. The van der Waals surface area contributed by atoms with E-state index >= 15 is 0 Å². The molecule has 4 saturated carbocycles. The molecule has 0 amide bonds. The molecule has 196 valence electrons. The van der Waals surface area contributed by atoms with Crippen LogP contribution < -0.4 is 0 Å². The lowest BCUT2D eigenvalue weighted by Gasteiger charge is -2.61. The highest BCUT2D eigenvalue weighted by Crippen LogP contribution is 2.67. The van der Waals surface area contributed by atoms with Crippen LogP contribution in [0, 0.1) is 40.4 Å². The van der Waals surface area contributed by atoms with Gasteiger partial charge < -0.3 is 13.7 Å². The number of hydrogen-bond acceptors (Lipinski definition) is 4. The maximum atomic E-state index is 6.61. The van der Waals surface area contributed by atoms with Gasteiger partial charge in [-0.2, -0.15) is 0 Å². The Morgan fingerprint density at radius 2 is 1.50 bits per heavy atom. The van der Waals surface area contributed by atoms with Gasteiger partial charge in [-0.05, 0) is 132 Å². The average Bonchev–Trinajstić information content (AvgIpc) is 3.07. The molecule has 8 atom stereocenters. The van der Waals surface area contributed by atoms with E-state index in [0.717, 1.165) is 23.7 Å². The molecule has 0 bridgehead atoms. The first kappa shape index (κ1) is 26.9. The van der Waals surface area contributed by atoms with Crippen LogP contribution in [-0.4, -0.2) is 42.2 Å². The van der Waals surface area contributed by atoms with E-state index in [-0.39, 0.29) is 0 Å². The Balaban J connectivity index is 1.49. The van der Waals surface area contributed by atoms with Gasteiger partial charge in [0.25, 0.3) is 0 Å². The molecule has 0 heterocycles. The molecule has 0 saturated heterocycles. The minimum atomic E-state index is -1.59. The molecule has 0 aromatic heterocycles. The number of rotatable bonds is 7. The Labute approximate surface area is 212 Å². The van der Waals surface area contributed by atoms with Crippen LogP contribution in [0.4, 0.5) is 0 Å². The molecule has 4 aliphatic carbocycles. The lowest BCUT2D eigenvalue weighted by atomic mass is 9.44. The molecule has 4 aliphatic rings. The molecular weight excluding hydrogens is 454 g/mol. The van der Waals surface area contributed by atoms with Crippen LogP contribution in [0.3, 0.4) is 0 Å². The Kier molecular flexibility index (Phi) is 7.59. The molecule has 4 nitrogen and oxygen atoms in total. The second-order valence-corrected chi connectivity index (χ2v) is 23.6. The monoisotopic (exact) mass is 507 g/mol. The van der Waals surface area contributed by atoms with Crippen LogP contribution in [0.25, 0.3) is 0 Å². The quantitative estimate of drug-likeness (QED) is 0.201. The average molecular weight is 508 g/mol. The standard InChI is InChI=1S/C28H53NO3Si2/c1-27-16-14-21(32-34(7,8)9)18-20(27)10-11-22-23-12-13-25(28(23,2)17-15-24(22)27)26(29-30-3)19-31-33(4,5)6/h20-25H,10-19H2,1-9H3/b29-26+/t20-,21-,22?,23?,24?,25+,27-,28-/m0/s1. The SMILES string of the molecule is CO/N=C(\CO[Si](C)(C)C)[C@H]1CCC2C3CC[C@H]4C[C@@H](O[Si](C)(C)C)CC[C@]4(C)C3CC[C@@]21C. The van der Waals surface area contributed by atoms with Crippen molar-refractivity contribution >= 4 is 22.3 Å². The first-order valence-electron chi connectivity index (χ1n) is 14.2. The highest BCUT2D eigenvalue weighted by molar-refractivity contribution is 6.70. The van der Waals surface area contributed by atoms with E-state index < -0.39 is 16.6 Å². The van der Waals surface area contributed by atoms with E-state index in [9.17, 15) is 0 Å². The molecule has 34 heavy (non-hydrogen) atoms. The van der Waals surface area contributed by atoms with Crippen LogP contribution in [0.15, 0.2) is 5.16 Å². The van der Waals surface area contributed by atoms with Gasteiger partial charge in [-0.1, -0.05) is 19.0 Å². The van der Waals surface area contributed by atoms with E-state index in [2.05, 4.69) is 58.3 Å². The number of fused-ring (bicyclic) bond motifs is 5. The first-order chi connectivity index (χ1) is 15.8. The molecule has 3 unspecified atom stereocenters. The smallest absolute Gasteiger partial charge is 0.184 e. The molecule has 0 radical (unpaired) electrons. The van der Waals surface area contributed by atoms with Crippen molar-refractivity contribution in [1.82, 2.24) is 0 Å². The molecule has 0 spiro atoms. The van der Waals surface area contributed by atoms with Crippen LogP contribution in [0.2, 0.25) is 39.3 Å². The van der Waals surface area contributed by atoms with Crippen molar-refractivity contribution < 1.29 is 13.7 Å². The van der Waals surface area contributed by atoms with Gasteiger partial charge in [0.1, 0.15) is 7.11 Å². The van der Waals surface area contributed by atoms with Crippen molar-refractivity contribution in [2.24, 2.45) is 45.6 Å². The minimum absolute atomic E-state index is 0.350. The number of hydrogen-bond donors (Lipinski definition) is 0. The Morgan fingerprint density at radius 3 is 2.15 bits per heavy atom. The molecule has 6 heteroatoms. The zero-order valence-corrected chi connectivity index (χ0v) is 25.7. The van der Waals surface area contributed by atoms with Gasteiger partial charge in [-0.15, -0.1) is 0 Å². The molecule has 0 N–H and O–H groups in total. The first-order valence-corrected chi connectivity index (χ1v) is 21.0. The summed E-state index contributed by atoms with van der Waals surface area (Å²) in [4.78, 5) is 5.36. The fourth-order valence-corrected chi connectivity index (χ4v) is 10.8. The largest absolute Gasteiger partial charge is 0.415 e. The van der Waals surface area contributed by atoms with Crippen molar-refractivity contribution in [1.29, 1.82) is 0 Å². The maximum Gasteiger partial charge on any atom is 0.184 e. The summed E-state index contributed by atoms with van der Waals surface area (Å²) < 4.78 is 12.9. The van der Waals surface area contributed by atoms with Gasteiger partial charge in [-0.25, -0.2) is 0 Å². The summed E-state index contributed by atoms with van der Waals surface area (Å²) in [5, 5.41) is 4.57. The van der Waals surface area contributed by atoms with Crippen LogP contribution in [0.5, 0.6) is 0 Å². The molecule has 4 fully saturated rings. The fraction of sp³-hybridized carbons (Fsp3) is 0.964. The van der Waals surface area contributed by atoms with Crippen molar-refractivity contribution in [2.75, 3.05) is 13.7 Å². The highest BCUT2D eigenvalue weighted by atomic mass is 28.4. The third-order valence-corrected chi connectivity index (χ3v) is 12.5. The Morgan fingerprint density at radius 1 is 0.824 bits per heavy atom. The van der Waals surface area contributed by atoms with Gasteiger partial charge in [0.2, 0.25) is 0 Å². The fourth-order valence-electron chi connectivity index (χ4n) is 8.97. The van der Waals surface area contributed by atoms with Gasteiger partial charge >= 0.3 is 0 Å². The zero-order valence-electron chi connectivity index (χ0n) is 23.7. The maximum absolute atomic E-state index is 6.61. The number of oxime groups is 1. The van der Waals surface area contributed by atoms with Crippen molar-refractivity contribution in [3.8, 4) is 0 Å². The Bertz CT molecular complexity index is 760. The number of nitrogens with zero attached hydrogens (tertiary/aromatic N) is 1. The topological polar surface area (TPSA) is 40.0 Å². The third-order valence-electron chi connectivity index (χ3n) is 10.4. The molecule has 0 aromatic rings. The summed E-state index contributed by atoms with van der Waals surface area (Å²) in [6.45, 7) is 19.8. The summed E-state index contributed by atoms with van der Waals surface area (Å²) >= 11 is 0. The minimum Gasteiger partial charge on any atom is -0.415 e. The second-order valence-electron chi connectivity index (χ2n) is 14.6. The van der Waals surface area contributed by atoms with E-state index in [1.807, 2.05) is 0 Å². The van der Waals surface area contributed by atoms with E-state index in [0.29, 0.717) is 29.5 Å². The predicted molar refractivity (Wildman–Crippen MR) is 147 cm³/mol. The summed E-state index contributed by atoms with van der Waals surface area (Å²) in [5.74, 6) is 4.00. The van der Waals surface area contributed by atoms with E-state index in [1.165, 1.54) is 63.5 Å². The molecular formula is C28H53NO3Si2. The summed E-state index contributed by atoms with van der Waals surface area (Å²) in [6, 6.07) is 0. The van der Waals surface area contributed by atoms with Crippen LogP contribution >= 0.6 is 0 Å². The summed E-state index contributed by atoms with van der Waals surface area (Å²) in [6.07, 6.45) is 12.7. The zero-order chi connectivity index (χ0) is 24.9. The van der Waals surface area contributed by atoms with Gasteiger partial charge in [0, 0.05) is 12.0 Å². The van der Waals surface area contributed by atoms with Gasteiger partial charge in [0.05, 0.1) is 12.3 Å². The van der Waals surface area contributed by atoms with Crippen molar-refractivity contribution in [3.05, 3.63) is 0 Å². The molecule has 0 aromatic carbocycles. The van der Waals surface area contributed by atoms with Crippen molar-refractivity contribution in [3.63, 3.8) is 0 Å². The third kappa shape index (κ3) is 5.26. The van der Waals surface area contributed by atoms with Gasteiger partial charge in [-0.3, -0.25) is 0 Å². The summed E-state index contributed by atoms with van der Waals surface area (Å²) in [5.41, 5.74) is 2.05. The van der Waals surface area contributed by atoms with Gasteiger partial charge in [0.15, 0.2) is 16.6 Å². The Hall–Kier alpha value is -0.176. The summed E-state index contributed by atoms with van der Waals surface area (Å²) in [7, 11) is -1.35. The lowest BCUT2D eigenvalue weighted by Crippen LogP contribution is -2.55.